The molecule has 0 amide bonds. The van der Waals surface area contributed by atoms with Crippen LogP contribution in [0.3, 0.4) is 0 Å². The molecular formula is C21H15ClF3N3. The summed E-state index contributed by atoms with van der Waals surface area (Å²) in [5.74, 6) is 0.697. The van der Waals surface area contributed by atoms with Gasteiger partial charge in [-0.05, 0) is 23.8 Å². The summed E-state index contributed by atoms with van der Waals surface area (Å²) in [6.45, 7) is 0. The van der Waals surface area contributed by atoms with Crippen LogP contribution in [0, 0.1) is 0 Å². The molecule has 7 heteroatoms. The second-order valence-corrected chi connectivity index (χ2v) is 6.88. The van der Waals surface area contributed by atoms with Crippen molar-refractivity contribution < 1.29 is 13.2 Å². The minimum Gasteiger partial charge on any atom is -0.334 e. The number of rotatable bonds is 3. The van der Waals surface area contributed by atoms with Gasteiger partial charge in [0, 0.05) is 42.4 Å². The highest BCUT2D eigenvalue weighted by Crippen LogP contribution is 2.39. The number of benzene rings is 2. The Kier molecular flexibility index (Phi) is 4.59. The minimum atomic E-state index is -4.60. The molecule has 0 unspecified atom stereocenters. The van der Waals surface area contributed by atoms with E-state index in [1.807, 2.05) is 17.7 Å². The second kappa shape index (κ2) is 6.95. The molecule has 142 valence electrons. The summed E-state index contributed by atoms with van der Waals surface area (Å²) in [6.07, 6.45) is -1.09. The van der Waals surface area contributed by atoms with Crippen molar-refractivity contribution in [3.8, 4) is 11.4 Å². The van der Waals surface area contributed by atoms with Crippen molar-refractivity contribution in [3.05, 3.63) is 82.8 Å². The molecule has 0 spiro atoms. The number of nitrogens with zero attached hydrogens (tertiary/aromatic N) is 3. The van der Waals surface area contributed by atoms with Gasteiger partial charge in [0.05, 0.1) is 10.5 Å². The fourth-order valence-corrected chi connectivity index (χ4v) is 3.55. The highest BCUT2D eigenvalue weighted by Gasteiger charge is 2.37. The van der Waals surface area contributed by atoms with Gasteiger partial charge in [0.1, 0.15) is 11.5 Å². The maximum atomic E-state index is 13.7. The molecule has 0 saturated heterocycles. The summed E-state index contributed by atoms with van der Waals surface area (Å²) in [6, 6.07) is 13.9. The van der Waals surface area contributed by atoms with Gasteiger partial charge in [0.2, 0.25) is 0 Å². The average Bonchev–Trinajstić information content (AvgIpc) is 3.09. The third-order valence-electron chi connectivity index (χ3n) is 4.59. The third kappa shape index (κ3) is 3.36. The normalized spacial score (nSPS) is 11.9. The van der Waals surface area contributed by atoms with Crippen LogP contribution in [0.25, 0.3) is 22.3 Å². The molecule has 0 aliphatic rings. The number of hydrogen-bond acceptors (Lipinski definition) is 2. The van der Waals surface area contributed by atoms with Crippen LogP contribution in [-0.2, 0) is 19.6 Å². The number of halogens is 4. The molecule has 0 N–H and O–H groups in total. The van der Waals surface area contributed by atoms with Crippen molar-refractivity contribution in [1.29, 1.82) is 0 Å². The van der Waals surface area contributed by atoms with Crippen LogP contribution in [0.15, 0.2) is 60.9 Å². The van der Waals surface area contributed by atoms with Gasteiger partial charge in [-0.2, -0.15) is 13.2 Å². The number of alkyl halides is 3. The van der Waals surface area contributed by atoms with E-state index in [2.05, 4.69) is 9.97 Å². The molecule has 0 aliphatic heterocycles. The lowest BCUT2D eigenvalue weighted by molar-refractivity contribution is -0.141. The predicted octanol–water partition coefficient (Wildman–Crippen LogP) is 5.90. The standard InChI is InChI=1S/C21H15ClF3N3/c1-28-10-9-26-20(28)14-7-8-17-15(12-14)18(22)16(19(27-17)21(23,24)25)11-13-5-3-2-4-6-13/h2-10,12H,11H2,1H3. The first-order chi connectivity index (χ1) is 13.3. The van der Waals surface area contributed by atoms with Gasteiger partial charge in [-0.15, -0.1) is 0 Å². The maximum absolute atomic E-state index is 13.7. The van der Waals surface area contributed by atoms with Crippen molar-refractivity contribution in [3.63, 3.8) is 0 Å². The third-order valence-corrected chi connectivity index (χ3v) is 5.02. The predicted molar refractivity (Wildman–Crippen MR) is 103 cm³/mol. The Morgan fingerprint density at radius 2 is 1.82 bits per heavy atom. The van der Waals surface area contributed by atoms with E-state index in [9.17, 15) is 13.2 Å². The molecule has 4 aromatic rings. The van der Waals surface area contributed by atoms with E-state index < -0.39 is 11.9 Å². The number of imidazole rings is 1. The van der Waals surface area contributed by atoms with E-state index in [1.54, 1.807) is 54.9 Å². The lowest BCUT2D eigenvalue weighted by Crippen LogP contribution is -2.13. The van der Waals surface area contributed by atoms with Crippen LogP contribution >= 0.6 is 11.6 Å². The van der Waals surface area contributed by atoms with Crippen LogP contribution in [0.1, 0.15) is 16.8 Å². The zero-order chi connectivity index (χ0) is 19.9. The van der Waals surface area contributed by atoms with E-state index in [-0.39, 0.29) is 22.5 Å². The van der Waals surface area contributed by atoms with Crippen LogP contribution < -0.4 is 0 Å². The van der Waals surface area contributed by atoms with E-state index in [0.717, 1.165) is 11.1 Å². The SMILES string of the molecule is Cn1ccnc1-c1ccc2nc(C(F)(F)F)c(Cc3ccccc3)c(Cl)c2c1. The molecule has 0 radical (unpaired) electrons. The number of hydrogen-bond donors (Lipinski definition) is 0. The molecule has 0 aliphatic carbocycles. The highest BCUT2D eigenvalue weighted by molar-refractivity contribution is 6.36. The van der Waals surface area contributed by atoms with Gasteiger partial charge < -0.3 is 4.57 Å². The molecule has 28 heavy (non-hydrogen) atoms. The molecule has 0 fully saturated rings. The fraction of sp³-hybridized carbons (Fsp3) is 0.143. The van der Waals surface area contributed by atoms with Gasteiger partial charge in [-0.3, -0.25) is 0 Å². The Labute approximate surface area is 164 Å². The zero-order valence-electron chi connectivity index (χ0n) is 14.8. The molecule has 0 saturated carbocycles. The smallest absolute Gasteiger partial charge is 0.334 e. The first-order valence-electron chi connectivity index (χ1n) is 8.55. The van der Waals surface area contributed by atoms with Crippen LogP contribution in [-0.4, -0.2) is 14.5 Å². The lowest BCUT2D eigenvalue weighted by Gasteiger charge is -2.16. The Hall–Kier alpha value is -2.86. The number of aryl methyl sites for hydroxylation is 1. The first-order valence-corrected chi connectivity index (χ1v) is 8.93. The first kappa shape index (κ1) is 18.5. The summed E-state index contributed by atoms with van der Waals surface area (Å²) < 4.78 is 42.9. The molecule has 0 atom stereocenters. The minimum absolute atomic E-state index is 0.0233. The van der Waals surface area contributed by atoms with Crippen LogP contribution in [0.4, 0.5) is 13.2 Å². The molecular weight excluding hydrogens is 387 g/mol. The fourth-order valence-electron chi connectivity index (χ4n) is 3.24. The molecule has 0 bridgehead atoms. The average molecular weight is 402 g/mol. The molecule has 3 nitrogen and oxygen atoms in total. The van der Waals surface area contributed by atoms with Gasteiger partial charge in [-0.1, -0.05) is 41.9 Å². The highest BCUT2D eigenvalue weighted by atomic mass is 35.5. The molecule has 2 aromatic carbocycles. The van der Waals surface area contributed by atoms with Gasteiger partial charge in [0.15, 0.2) is 0 Å². The van der Waals surface area contributed by atoms with Gasteiger partial charge >= 0.3 is 6.18 Å². The monoisotopic (exact) mass is 401 g/mol. The Bertz CT molecular complexity index is 1150. The summed E-state index contributed by atoms with van der Waals surface area (Å²) in [7, 11) is 1.85. The number of fused-ring (bicyclic) bond motifs is 1. The summed E-state index contributed by atoms with van der Waals surface area (Å²) in [5, 5.41) is 0.540. The largest absolute Gasteiger partial charge is 0.433 e. The van der Waals surface area contributed by atoms with Gasteiger partial charge in [0.25, 0.3) is 0 Å². The number of pyridine rings is 1. The molecule has 2 aromatic heterocycles. The van der Waals surface area contributed by atoms with Gasteiger partial charge in [-0.25, -0.2) is 9.97 Å². The van der Waals surface area contributed by atoms with E-state index >= 15 is 0 Å². The molecule has 4 rings (SSSR count). The van der Waals surface area contributed by atoms with Crippen molar-refractivity contribution in [1.82, 2.24) is 14.5 Å². The van der Waals surface area contributed by atoms with Crippen molar-refractivity contribution in [2.24, 2.45) is 7.05 Å². The summed E-state index contributed by atoms with van der Waals surface area (Å²) in [4.78, 5) is 8.20. The Balaban J connectivity index is 1.94. The summed E-state index contributed by atoms with van der Waals surface area (Å²) >= 11 is 6.51. The summed E-state index contributed by atoms with van der Waals surface area (Å²) in [5.41, 5.74) is 0.723. The Morgan fingerprint density at radius 3 is 2.46 bits per heavy atom. The van der Waals surface area contributed by atoms with Crippen LogP contribution in [0.2, 0.25) is 5.02 Å². The number of aromatic nitrogens is 3. The van der Waals surface area contributed by atoms with Crippen molar-refractivity contribution >= 4 is 22.5 Å². The van der Waals surface area contributed by atoms with E-state index in [4.69, 9.17) is 11.6 Å². The van der Waals surface area contributed by atoms with E-state index in [0.29, 0.717) is 11.2 Å². The zero-order valence-corrected chi connectivity index (χ0v) is 15.6. The topological polar surface area (TPSA) is 30.7 Å². The maximum Gasteiger partial charge on any atom is 0.433 e. The van der Waals surface area contributed by atoms with E-state index in [1.165, 1.54) is 0 Å². The van der Waals surface area contributed by atoms with Crippen molar-refractivity contribution in [2.75, 3.05) is 0 Å². The van der Waals surface area contributed by atoms with Crippen LogP contribution in [0.5, 0.6) is 0 Å². The Morgan fingerprint density at radius 1 is 1.07 bits per heavy atom. The quantitative estimate of drug-likeness (QED) is 0.428. The molecule has 2 heterocycles. The second-order valence-electron chi connectivity index (χ2n) is 6.51. The lowest BCUT2D eigenvalue weighted by atomic mass is 9.99. The van der Waals surface area contributed by atoms with Crippen molar-refractivity contribution in [2.45, 2.75) is 12.6 Å².